The standard InChI is InChI=1S/C15H13NO3/c1-18-14-9-5-6-12(10-14)11-16-19-15(17)13-7-3-2-4-8-13/h2-11H,1H3/b16-11+. The van der Waals surface area contributed by atoms with Crippen LogP contribution in [0.15, 0.2) is 59.8 Å². The summed E-state index contributed by atoms with van der Waals surface area (Å²) in [5.41, 5.74) is 1.26. The fourth-order valence-corrected chi connectivity index (χ4v) is 1.48. The molecule has 0 heterocycles. The number of hydrogen-bond donors (Lipinski definition) is 0. The van der Waals surface area contributed by atoms with Gasteiger partial charge in [-0.25, -0.2) is 4.79 Å². The molecule has 0 aromatic heterocycles. The Morgan fingerprint density at radius 1 is 1.11 bits per heavy atom. The molecule has 0 saturated heterocycles. The van der Waals surface area contributed by atoms with Crippen LogP contribution >= 0.6 is 0 Å². The van der Waals surface area contributed by atoms with Crippen LogP contribution in [0.3, 0.4) is 0 Å². The number of oxime groups is 1. The zero-order valence-corrected chi connectivity index (χ0v) is 10.4. The maximum atomic E-state index is 11.6. The minimum absolute atomic E-state index is 0.463. The molecular weight excluding hydrogens is 242 g/mol. The van der Waals surface area contributed by atoms with E-state index in [2.05, 4.69) is 5.16 Å². The van der Waals surface area contributed by atoms with E-state index in [0.29, 0.717) is 5.56 Å². The molecule has 2 aromatic rings. The summed E-state index contributed by atoms with van der Waals surface area (Å²) in [6.07, 6.45) is 1.46. The van der Waals surface area contributed by atoms with Gasteiger partial charge in [0.15, 0.2) is 0 Å². The van der Waals surface area contributed by atoms with Gasteiger partial charge in [-0.15, -0.1) is 0 Å². The van der Waals surface area contributed by atoms with Crippen LogP contribution in [0.25, 0.3) is 0 Å². The third-order valence-electron chi connectivity index (χ3n) is 2.44. The van der Waals surface area contributed by atoms with Crippen LogP contribution in [-0.4, -0.2) is 19.3 Å². The third kappa shape index (κ3) is 3.67. The molecular formula is C15H13NO3. The second kappa shape index (κ2) is 6.35. The van der Waals surface area contributed by atoms with Crippen LogP contribution in [0, 0.1) is 0 Å². The van der Waals surface area contributed by atoms with Gasteiger partial charge in [0.05, 0.1) is 18.9 Å². The monoisotopic (exact) mass is 255 g/mol. The molecule has 0 aliphatic rings. The summed E-state index contributed by atoms with van der Waals surface area (Å²) in [4.78, 5) is 16.4. The van der Waals surface area contributed by atoms with Gasteiger partial charge < -0.3 is 9.57 Å². The lowest BCUT2D eigenvalue weighted by Gasteiger charge is -2.00. The maximum absolute atomic E-state index is 11.6. The largest absolute Gasteiger partial charge is 0.497 e. The summed E-state index contributed by atoms with van der Waals surface area (Å²) in [6, 6.07) is 16.0. The summed E-state index contributed by atoms with van der Waals surface area (Å²) >= 11 is 0. The van der Waals surface area contributed by atoms with E-state index < -0.39 is 5.97 Å². The lowest BCUT2D eigenvalue weighted by Crippen LogP contribution is -2.00. The van der Waals surface area contributed by atoms with E-state index in [-0.39, 0.29) is 0 Å². The van der Waals surface area contributed by atoms with Crippen LogP contribution in [0.4, 0.5) is 0 Å². The molecule has 0 bridgehead atoms. The summed E-state index contributed by atoms with van der Waals surface area (Å²) < 4.78 is 5.08. The van der Waals surface area contributed by atoms with Gasteiger partial charge in [0.1, 0.15) is 5.75 Å². The summed E-state index contributed by atoms with van der Waals surface area (Å²) in [6.45, 7) is 0. The van der Waals surface area contributed by atoms with E-state index in [9.17, 15) is 4.79 Å². The van der Waals surface area contributed by atoms with Crippen molar-refractivity contribution in [3.63, 3.8) is 0 Å². The van der Waals surface area contributed by atoms with Crippen LogP contribution in [0.5, 0.6) is 5.75 Å². The molecule has 96 valence electrons. The number of nitrogens with zero attached hydrogens (tertiary/aromatic N) is 1. The van der Waals surface area contributed by atoms with Gasteiger partial charge in [-0.1, -0.05) is 35.5 Å². The van der Waals surface area contributed by atoms with Crippen molar-refractivity contribution in [1.82, 2.24) is 0 Å². The van der Waals surface area contributed by atoms with E-state index in [1.54, 1.807) is 37.4 Å². The van der Waals surface area contributed by atoms with Crippen molar-refractivity contribution in [2.75, 3.05) is 7.11 Å². The van der Waals surface area contributed by atoms with Crippen molar-refractivity contribution in [2.45, 2.75) is 0 Å². The van der Waals surface area contributed by atoms with Crippen LogP contribution < -0.4 is 4.74 Å². The normalized spacial score (nSPS) is 10.4. The predicted octanol–water partition coefficient (Wildman–Crippen LogP) is 2.89. The van der Waals surface area contributed by atoms with Gasteiger partial charge >= 0.3 is 5.97 Å². The number of carbonyl (C=O) groups is 1. The highest BCUT2D eigenvalue weighted by molar-refractivity contribution is 5.90. The van der Waals surface area contributed by atoms with Gasteiger partial charge in [0, 0.05) is 0 Å². The molecule has 0 N–H and O–H groups in total. The average molecular weight is 255 g/mol. The molecule has 0 aliphatic heterocycles. The van der Waals surface area contributed by atoms with E-state index in [4.69, 9.17) is 9.57 Å². The average Bonchev–Trinajstić information content (AvgIpc) is 2.48. The van der Waals surface area contributed by atoms with Crippen molar-refractivity contribution in [3.8, 4) is 5.75 Å². The third-order valence-corrected chi connectivity index (χ3v) is 2.44. The second-order valence-corrected chi connectivity index (χ2v) is 3.76. The Morgan fingerprint density at radius 3 is 2.63 bits per heavy atom. The predicted molar refractivity (Wildman–Crippen MR) is 72.4 cm³/mol. The smallest absolute Gasteiger partial charge is 0.365 e. The molecule has 0 aliphatic carbocycles. The minimum Gasteiger partial charge on any atom is -0.497 e. The maximum Gasteiger partial charge on any atom is 0.365 e. The Kier molecular flexibility index (Phi) is 4.29. The number of hydrogen-bond acceptors (Lipinski definition) is 4. The number of carbonyl (C=O) groups excluding carboxylic acids is 1. The molecule has 0 fully saturated rings. The first-order chi connectivity index (χ1) is 9.29. The fraction of sp³-hybridized carbons (Fsp3) is 0.0667. The van der Waals surface area contributed by atoms with Gasteiger partial charge in [0.2, 0.25) is 0 Å². The van der Waals surface area contributed by atoms with Crippen molar-refractivity contribution in [3.05, 3.63) is 65.7 Å². The van der Waals surface area contributed by atoms with Crippen LogP contribution in [0.1, 0.15) is 15.9 Å². The van der Waals surface area contributed by atoms with E-state index >= 15 is 0 Å². The van der Waals surface area contributed by atoms with Crippen molar-refractivity contribution >= 4 is 12.2 Å². The topological polar surface area (TPSA) is 47.9 Å². The molecule has 0 amide bonds. The summed E-state index contributed by atoms with van der Waals surface area (Å²) in [5, 5.41) is 3.66. The van der Waals surface area contributed by atoms with Crippen molar-refractivity contribution < 1.29 is 14.4 Å². The first-order valence-corrected chi connectivity index (χ1v) is 5.73. The lowest BCUT2D eigenvalue weighted by molar-refractivity contribution is 0.0519. The Bertz CT molecular complexity index is 579. The number of ether oxygens (including phenoxy) is 1. The van der Waals surface area contributed by atoms with E-state index in [1.165, 1.54) is 6.21 Å². The fourth-order valence-electron chi connectivity index (χ4n) is 1.48. The molecule has 2 rings (SSSR count). The molecule has 0 saturated carbocycles. The van der Waals surface area contributed by atoms with Gasteiger partial charge in [0.25, 0.3) is 0 Å². The number of benzene rings is 2. The number of rotatable bonds is 4. The van der Waals surface area contributed by atoms with Crippen LogP contribution in [0.2, 0.25) is 0 Å². The quantitative estimate of drug-likeness (QED) is 0.479. The van der Waals surface area contributed by atoms with Crippen molar-refractivity contribution in [1.29, 1.82) is 0 Å². The molecule has 0 spiro atoms. The van der Waals surface area contributed by atoms with Crippen LogP contribution in [-0.2, 0) is 4.84 Å². The highest BCUT2D eigenvalue weighted by Crippen LogP contribution is 2.11. The molecule has 2 aromatic carbocycles. The first-order valence-electron chi connectivity index (χ1n) is 5.73. The van der Waals surface area contributed by atoms with E-state index in [0.717, 1.165) is 11.3 Å². The van der Waals surface area contributed by atoms with Gasteiger partial charge in [-0.3, -0.25) is 0 Å². The molecule has 4 nitrogen and oxygen atoms in total. The second-order valence-electron chi connectivity index (χ2n) is 3.76. The Hall–Kier alpha value is -2.62. The summed E-state index contributed by atoms with van der Waals surface area (Å²) in [7, 11) is 1.59. The van der Waals surface area contributed by atoms with E-state index in [1.807, 2.05) is 24.3 Å². The molecule has 0 atom stereocenters. The molecule has 0 radical (unpaired) electrons. The molecule has 19 heavy (non-hydrogen) atoms. The number of methoxy groups -OCH3 is 1. The molecule has 0 unspecified atom stereocenters. The van der Waals surface area contributed by atoms with Gasteiger partial charge in [-0.2, -0.15) is 0 Å². The summed E-state index contributed by atoms with van der Waals surface area (Å²) in [5.74, 6) is 0.234. The van der Waals surface area contributed by atoms with Gasteiger partial charge in [-0.05, 0) is 29.8 Å². The Morgan fingerprint density at radius 2 is 1.89 bits per heavy atom. The Balaban J connectivity index is 1.98. The highest BCUT2D eigenvalue weighted by Gasteiger charge is 2.04. The highest BCUT2D eigenvalue weighted by atomic mass is 16.7. The lowest BCUT2D eigenvalue weighted by atomic mass is 10.2. The zero-order chi connectivity index (χ0) is 13.5. The SMILES string of the molecule is COc1cccc(/C=N/OC(=O)c2ccccc2)c1. The first kappa shape index (κ1) is 12.8. The zero-order valence-electron chi connectivity index (χ0n) is 10.4. The molecule has 4 heteroatoms. The van der Waals surface area contributed by atoms with Crippen molar-refractivity contribution in [2.24, 2.45) is 5.16 Å². The Labute approximate surface area is 111 Å². The minimum atomic E-state index is -0.486.